The van der Waals surface area contributed by atoms with Gasteiger partial charge in [-0.05, 0) is 37.3 Å². The fourth-order valence-electron chi connectivity index (χ4n) is 6.62. The molecule has 31 heavy (non-hydrogen) atoms. The first-order valence-corrected chi connectivity index (χ1v) is 11.4. The van der Waals surface area contributed by atoms with Gasteiger partial charge in [0, 0.05) is 36.8 Å². The lowest BCUT2D eigenvalue weighted by Crippen LogP contribution is -2.61. The van der Waals surface area contributed by atoms with Gasteiger partial charge in [-0.1, -0.05) is 50.1 Å². The van der Waals surface area contributed by atoms with E-state index in [4.69, 9.17) is 0 Å². The number of aromatic nitrogens is 2. The number of nitrogens with zero attached hydrogens (tertiary/aromatic N) is 4. The van der Waals surface area contributed by atoms with Gasteiger partial charge in [-0.3, -0.25) is 9.59 Å². The number of piperidine rings is 1. The van der Waals surface area contributed by atoms with Crippen molar-refractivity contribution in [1.82, 2.24) is 19.8 Å². The van der Waals surface area contributed by atoms with E-state index in [0.29, 0.717) is 0 Å². The standard InChI is InChI=1S/C25H30N4O2/c1-17(30)28-19(15-18-9-4-3-5-10-18)20-16-25(2)21(28)11-6-7-12-22(25)29(20)24(31)23-26-13-8-14-27-23/h3-5,8-10,13-14,19-22H,6-7,11-12,15-16H2,1-2H3/t19-,20-,21+,22-,25+/m0/s1. The molecule has 0 unspecified atom stereocenters. The summed E-state index contributed by atoms with van der Waals surface area (Å²) in [5.41, 5.74) is 1.11. The summed E-state index contributed by atoms with van der Waals surface area (Å²) in [6, 6.07) is 12.3. The van der Waals surface area contributed by atoms with Crippen LogP contribution in [0.5, 0.6) is 0 Å². The maximum absolute atomic E-state index is 13.7. The lowest BCUT2D eigenvalue weighted by Gasteiger charge is -2.50. The molecule has 1 aromatic carbocycles. The van der Waals surface area contributed by atoms with E-state index in [0.717, 1.165) is 38.5 Å². The predicted molar refractivity (Wildman–Crippen MR) is 117 cm³/mol. The van der Waals surface area contributed by atoms with Crippen molar-refractivity contribution < 1.29 is 9.59 Å². The summed E-state index contributed by atoms with van der Waals surface area (Å²) in [4.78, 5) is 39.5. The molecule has 5 atom stereocenters. The van der Waals surface area contributed by atoms with Crippen molar-refractivity contribution in [2.75, 3.05) is 0 Å². The maximum Gasteiger partial charge on any atom is 0.292 e. The van der Waals surface area contributed by atoms with Crippen molar-refractivity contribution in [1.29, 1.82) is 0 Å². The fraction of sp³-hybridized carbons (Fsp3) is 0.520. The van der Waals surface area contributed by atoms with Gasteiger partial charge in [0.25, 0.3) is 5.91 Å². The van der Waals surface area contributed by atoms with E-state index in [2.05, 4.69) is 38.8 Å². The lowest BCUT2D eigenvalue weighted by atomic mass is 9.69. The van der Waals surface area contributed by atoms with Crippen molar-refractivity contribution in [3.05, 3.63) is 60.2 Å². The summed E-state index contributed by atoms with van der Waals surface area (Å²) in [6.07, 6.45) is 9.10. The number of rotatable bonds is 3. The molecule has 5 rings (SSSR count). The molecule has 3 aliphatic rings. The summed E-state index contributed by atoms with van der Waals surface area (Å²) in [6.45, 7) is 3.99. The van der Waals surface area contributed by atoms with Gasteiger partial charge in [0.2, 0.25) is 11.7 Å². The van der Waals surface area contributed by atoms with Crippen LogP contribution in [-0.4, -0.2) is 55.7 Å². The number of likely N-dealkylation sites (tertiary alicyclic amines) is 2. The van der Waals surface area contributed by atoms with Crippen LogP contribution < -0.4 is 0 Å². The van der Waals surface area contributed by atoms with Crippen molar-refractivity contribution in [2.45, 2.75) is 76.5 Å². The van der Waals surface area contributed by atoms with E-state index >= 15 is 0 Å². The first kappa shape index (κ1) is 20.2. The molecule has 3 heterocycles. The highest BCUT2D eigenvalue weighted by molar-refractivity contribution is 5.91. The molecule has 0 radical (unpaired) electrons. The van der Waals surface area contributed by atoms with Crippen LogP contribution in [-0.2, 0) is 11.2 Å². The number of carbonyl (C=O) groups excluding carboxylic acids is 2. The van der Waals surface area contributed by atoms with Crippen LogP contribution in [0.15, 0.2) is 48.8 Å². The second kappa shape index (κ2) is 7.74. The molecule has 3 fully saturated rings. The SMILES string of the molecule is CC(=O)N1[C@@H](Cc2ccccc2)[C@@H]2C[C@@]3(C)[C@H](CCCC[C@@H]13)N2C(=O)c1ncccn1. The molecule has 0 N–H and O–H groups in total. The van der Waals surface area contributed by atoms with Crippen LogP contribution >= 0.6 is 0 Å². The monoisotopic (exact) mass is 418 g/mol. The summed E-state index contributed by atoms with van der Waals surface area (Å²) in [7, 11) is 0. The van der Waals surface area contributed by atoms with Crippen LogP contribution in [0.2, 0.25) is 0 Å². The molecule has 2 saturated heterocycles. The normalized spacial score (nSPS) is 31.9. The number of amides is 2. The molecule has 0 spiro atoms. The smallest absolute Gasteiger partial charge is 0.292 e. The Morgan fingerprint density at radius 3 is 2.29 bits per heavy atom. The number of hydrogen-bond acceptors (Lipinski definition) is 4. The Labute approximate surface area is 183 Å². The molecule has 2 aromatic rings. The van der Waals surface area contributed by atoms with Crippen LogP contribution in [0, 0.1) is 5.41 Å². The fourth-order valence-corrected chi connectivity index (χ4v) is 6.62. The van der Waals surface area contributed by atoms with Gasteiger partial charge in [0.1, 0.15) is 0 Å². The first-order chi connectivity index (χ1) is 15.0. The minimum Gasteiger partial charge on any atom is -0.334 e. The Morgan fingerprint density at radius 2 is 1.65 bits per heavy atom. The van der Waals surface area contributed by atoms with E-state index in [9.17, 15) is 9.59 Å². The van der Waals surface area contributed by atoms with Gasteiger partial charge in [-0.15, -0.1) is 0 Å². The molecule has 162 valence electrons. The summed E-state index contributed by atoms with van der Waals surface area (Å²) < 4.78 is 0. The Kier molecular flexibility index (Phi) is 5.03. The van der Waals surface area contributed by atoms with Gasteiger partial charge < -0.3 is 9.80 Å². The minimum absolute atomic E-state index is 0.0234. The molecule has 6 heteroatoms. The van der Waals surface area contributed by atoms with Crippen molar-refractivity contribution in [3.8, 4) is 0 Å². The van der Waals surface area contributed by atoms with Crippen LogP contribution in [0.1, 0.15) is 62.1 Å². The van der Waals surface area contributed by atoms with E-state index in [1.165, 1.54) is 5.56 Å². The zero-order valence-corrected chi connectivity index (χ0v) is 18.3. The second-order valence-electron chi connectivity index (χ2n) is 9.56. The van der Waals surface area contributed by atoms with Crippen molar-refractivity contribution in [2.24, 2.45) is 5.41 Å². The summed E-state index contributed by atoms with van der Waals surface area (Å²) in [5, 5.41) is 0. The third kappa shape index (κ3) is 3.24. The average molecular weight is 419 g/mol. The highest BCUT2D eigenvalue weighted by atomic mass is 16.2. The molecule has 1 saturated carbocycles. The van der Waals surface area contributed by atoms with Crippen molar-refractivity contribution in [3.63, 3.8) is 0 Å². The molecule has 6 nitrogen and oxygen atoms in total. The zero-order chi connectivity index (χ0) is 21.6. The number of hydrogen-bond donors (Lipinski definition) is 0. The van der Waals surface area contributed by atoms with Crippen molar-refractivity contribution >= 4 is 11.8 Å². The third-order valence-corrected chi connectivity index (χ3v) is 7.85. The molecule has 1 aromatic heterocycles. The summed E-state index contributed by atoms with van der Waals surface area (Å²) in [5.74, 6) is 0.281. The minimum atomic E-state index is -0.0940. The van der Waals surface area contributed by atoms with Gasteiger partial charge in [0.05, 0.1) is 12.1 Å². The molecular formula is C25H30N4O2. The van der Waals surface area contributed by atoms with Crippen LogP contribution in [0.4, 0.5) is 0 Å². The Bertz CT molecular complexity index is 966. The second-order valence-corrected chi connectivity index (χ2v) is 9.56. The molecule has 2 amide bonds. The number of carbonyl (C=O) groups is 2. The Hall–Kier alpha value is -2.76. The maximum atomic E-state index is 13.7. The first-order valence-electron chi connectivity index (χ1n) is 11.4. The third-order valence-electron chi connectivity index (χ3n) is 7.85. The number of benzene rings is 1. The highest BCUT2D eigenvalue weighted by Gasteiger charge is 2.63. The lowest BCUT2D eigenvalue weighted by molar-refractivity contribution is -0.141. The molecule has 2 aliphatic heterocycles. The highest BCUT2D eigenvalue weighted by Crippen LogP contribution is 2.55. The molecule has 2 bridgehead atoms. The quantitative estimate of drug-likeness (QED) is 0.765. The van der Waals surface area contributed by atoms with Crippen LogP contribution in [0.3, 0.4) is 0 Å². The summed E-state index contributed by atoms with van der Waals surface area (Å²) >= 11 is 0. The van der Waals surface area contributed by atoms with E-state index in [-0.39, 0.29) is 47.2 Å². The van der Waals surface area contributed by atoms with E-state index in [1.807, 2.05) is 18.2 Å². The Morgan fingerprint density at radius 1 is 1.00 bits per heavy atom. The zero-order valence-electron chi connectivity index (χ0n) is 18.3. The van der Waals surface area contributed by atoms with Gasteiger partial charge in [0.15, 0.2) is 0 Å². The van der Waals surface area contributed by atoms with E-state index in [1.54, 1.807) is 25.4 Å². The Balaban J connectivity index is 1.61. The topological polar surface area (TPSA) is 66.4 Å². The number of fused-ring (bicyclic) bond motifs is 1. The van der Waals surface area contributed by atoms with Crippen LogP contribution in [0.25, 0.3) is 0 Å². The predicted octanol–water partition coefficient (Wildman–Crippen LogP) is 3.48. The van der Waals surface area contributed by atoms with Gasteiger partial charge in [-0.2, -0.15) is 0 Å². The van der Waals surface area contributed by atoms with E-state index < -0.39 is 0 Å². The average Bonchev–Trinajstić information content (AvgIpc) is 2.93. The van der Waals surface area contributed by atoms with Gasteiger partial charge in [-0.25, -0.2) is 9.97 Å². The molecule has 1 aliphatic carbocycles. The largest absolute Gasteiger partial charge is 0.334 e. The van der Waals surface area contributed by atoms with Gasteiger partial charge >= 0.3 is 0 Å². The molecular weight excluding hydrogens is 388 g/mol.